The Morgan fingerprint density at radius 1 is 1.18 bits per heavy atom. The molecule has 0 bridgehead atoms. The Morgan fingerprint density at radius 3 is 2.57 bits per heavy atom. The number of urea groups is 1. The number of amides is 2. The first-order valence-electron chi connectivity index (χ1n) is 8.45. The van der Waals surface area contributed by atoms with Gasteiger partial charge in [-0.2, -0.15) is 18.3 Å². The second-order valence-electron chi connectivity index (χ2n) is 6.25. The van der Waals surface area contributed by atoms with Crippen LogP contribution in [0.2, 0.25) is 0 Å². The van der Waals surface area contributed by atoms with Crippen molar-refractivity contribution in [1.82, 2.24) is 20.1 Å². The smallest absolute Gasteiger partial charge is 0.331 e. The third-order valence-electron chi connectivity index (χ3n) is 4.23. The van der Waals surface area contributed by atoms with E-state index in [1.807, 2.05) is 31.2 Å². The molecule has 0 aliphatic heterocycles. The Hall–Kier alpha value is -3.36. The summed E-state index contributed by atoms with van der Waals surface area (Å²) >= 11 is 0. The van der Waals surface area contributed by atoms with Crippen LogP contribution in [0.25, 0.3) is 5.69 Å². The van der Waals surface area contributed by atoms with E-state index in [4.69, 9.17) is 0 Å². The lowest BCUT2D eigenvalue weighted by atomic mass is 10.0. The van der Waals surface area contributed by atoms with E-state index in [0.717, 1.165) is 28.2 Å². The Labute approximate surface area is 159 Å². The fraction of sp³-hybridized carbons (Fsp3) is 0.211. The molecule has 2 aromatic carbocycles. The number of rotatable bonds is 4. The predicted molar refractivity (Wildman–Crippen MR) is 98.1 cm³/mol. The number of hydrogen-bond acceptors (Lipinski definition) is 3. The van der Waals surface area contributed by atoms with Crippen molar-refractivity contribution in [2.75, 3.05) is 5.32 Å². The van der Waals surface area contributed by atoms with E-state index < -0.39 is 17.8 Å². The number of nitrogens with one attached hydrogen (secondary N) is 2. The van der Waals surface area contributed by atoms with Crippen LogP contribution < -0.4 is 10.6 Å². The van der Waals surface area contributed by atoms with Crippen molar-refractivity contribution in [2.45, 2.75) is 26.1 Å². The van der Waals surface area contributed by atoms with Gasteiger partial charge in [0, 0.05) is 5.69 Å². The van der Waals surface area contributed by atoms with E-state index >= 15 is 0 Å². The summed E-state index contributed by atoms with van der Waals surface area (Å²) in [6, 6.07) is 10.1. The Morgan fingerprint density at radius 2 is 1.93 bits per heavy atom. The number of carbonyl (C=O) groups is 1. The van der Waals surface area contributed by atoms with Gasteiger partial charge >= 0.3 is 12.2 Å². The number of aromatic nitrogens is 3. The third-order valence-corrected chi connectivity index (χ3v) is 4.23. The van der Waals surface area contributed by atoms with Gasteiger partial charge in [-0.05, 0) is 43.2 Å². The van der Waals surface area contributed by atoms with Crippen LogP contribution in [0.4, 0.5) is 23.7 Å². The molecule has 9 heteroatoms. The standard InChI is InChI=1S/C19H18F3N5O/c1-12-5-3-4-6-15(12)13(2)25-18(28)26-14-7-8-17(27-11-23-10-24-27)16(9-14)19(20,21)22/h3-11,13H,1-2H3,(H2,25,26,28). The molecule has 28 heavy (non-hydrogen) atoms. The predicted octanol–water partition coefficient (Wildman–Crippen LogP) is 4.48. The number of hydrogen-bond donors (Lipinski definition) is 2. The molecule has 0 spiro atoms. The van der Waals surface area contributed by atoms with Crippen molar-refractivity contribution in [2.24, 2.45) is 0 Å². The lowest BCUT2D eigenvalue weighted by molar-refractivity contribution is -0.137. The van der Waals surface area contributed by atoms with Gasteiger partial charge in [-0.25, -0.2) is 14.5 Å². The molecule has 6 nitrogen and oxygen atoms in total. The lowest BCUT2D eigenvalue weighted by Gasteiger charge is -2.18. The van der Waals surface area contributed by atoms with E-state index in [9.17, 15) is 18.0 Å². The molecule has 1 heterocycles. The van der Waals surface area contributed by atoms with Crippen LogP contribution in [0.5, 0.6) is 0 Å². The van der Waals surface area contributed by atoms with Crippen molar-refractivity contribution in [1.29, 1.82) is 0 Å². The van der Waals surface area contributed by atoms with Crippen molar-refractivity contribution in [3.63, 3.8) is 0 Å². The minimum atomic E-state index is -4.62. The minimum Gasteiger partial charge on any atom is -0.331 e. The van der Waals surface area contributed by atoms with Gasteiger partial charge in [-0.15, -0.1) is 0 Å². The molecule has 1 atom stereocenters. The zero-order valence-electron chi connectivity index (χ0n) is 15.2. The molecule has 146 valence electrons. The highest BCUT2D eigenvalue weighted by molar-refractivity contribution is 5.89. The summed E-state index contributed by atoms with van der Waals surface area (Å²) in [4.78, 5) is 15.9. The molecule has 2 N–H and O–H groups in total. The minimum absolute atomic E-state index is 0.0191. The van der Waals surface area contributed by atoms with Gasteiger partial charge in [0.15, 0.2) is 0 Å². The van der Waals surface area contributed by atoms with Gasteiger partial charge in [0.2, 0.25) is 0 Å². The average Bonchev–Trinajstić information content (AvgIpc) is 3.15. The van der Waals surface area contributed by atoms with E-state index in [-0.39, 0.29) is 17.4 Å². The third kappa shape index (κ3) is 4.30. The van der Waals surface area contributed by atoms with Gasteiger partial charge in [0.05, 0.1) is 17.3 Å². The van der Waals surface area contributed by atoms with E-state index in [1.54, 1.807) is 6.92 Å². The van der Waals surface area contributed by atoms with Crippen molar-refractivity contribution in [3.8, 4) is 5.69 Å². The molecular formula is C19H18F3N5O. The lowest BCUT2D eigenvalue weighted by Crippen LogP contribution is -2.31. The van der Waals surface area contributed by atoms with Crippen LogP contribution in [0.3, 0.4) is 0 Å². The molecule has 0 aliphatic rings. The Balaban J connectivity index is 1.79. The molecule has 3 aromatic rings. The first-order valence-corrected chi connectivity index (χ1v) is 8.45. The number of anilines is 1. The highest BCUT2D eigenvalue weighted by atomic mass is 19.4. The zero-order valence-corrected chi connectivity index (χ0v) is 15.2. The summed E-state index contributed by atoms with van der Waals surface area (Å²) in [6.07, 6.45) is -2.30. The largest absolute Gasteiger partial charge is 0.418 e. The van der Waals surface area contributed by atoms with Gasteiger partial charge in [0.25, 0.3) is 0 Å². The van der Waals surface area contributed by atoms with Gasteiger partial charge in [-0.3, -0.25) is 0 Å². The van der Waals surface area contributed by atoms with Gasteiger partial charge in [0.1, 0.15) is 12.7 Å². The number of halogens is 3. The van der Waals surface area contributed by atoms with Crippen molar-refractivity contribution >= 4 is 11.7 Å². The monoisotopic (exact) mass is 389 g/mol. The molecule has 0 aliphatic carbocycles. The molecule has 1 aromatic heterocycles. The highest BCUT2D eigenvalue weighted by Gasteiger charge is 2.34. The molecule has 0 fully saturated rings. The molecule has 2 amide bonds. The summed E-state index contributed by atoms with van der Waals surface area (Å²) in [6.45, 7) is 3.72. The topological polar surface area (TPSA) is 71.8 Å². The second kappa shape index (κ2) is 7.71. The van der Waals surface area contributed by atoms with Gasteiger partial charge in [-0.1, -0.05) is 24.3 Å². The normalized spacial score (nSPS) is 12.5. The number of alkyl halides is 3. The summed E-state index contributed by atoms with van der Waals surface area (Å²) in [5.41, 5.74) is 0.847. The van der Waals surface area contributed by atoms with Crippen LogP contribution in [0, 0.1) is 6.92 Å². The van der Waals surface area contributed by atoms with Crippen LogP contribution >= 0.6 is 0 Å². The van der Waals surface area contributed by atoms with E-state index in [0.29, 0.717) is 0 Å². The van der Waals surface area contributed by atoms with Crippen LogP contribution in [-0.4, -0.2) is 20.8 Å². The number of aryl methyl sites for hydroxylation is 1. The maximum absolute atomic E-state index is 13.4. The maximum Gasteiger partial charge on any atom is 0.418 e. The van der Waals surface area contributed by atoms with Crippen LogP contribution in [-0.2, 0) is 6.18 Å². The Bertz CT molecular complexity index is 970. The molecule has 1 unspecified atom stereocenters. The fourth-order valence-electron chi connectivity index (χ4n) is 2.89. The summed E-state index contributed by atoms with van der Waals surface area (Å²) in [5, 5.41) is 8.92. The summed E-state index contributed by atoms with van der Waals surface area (Å²) in [7, 11) is 0. The number of carbonyl (C=O) groups excluding carboxylic acids is 1. The van der Waals surface area contributed by atoms with E-state index in [1.165, 1.54) is 18.5 Å². The zero-order chi connectivity index (χ0) is 20.3. The first-order chi connectivity index (χ1) is 13.3. The number of nitrogens with zero attached hydrogens (tertiary/aromatic N) is 3. The van der Waals surface area contributed by atoms with Crippen molar-refractivity contribution in [3.05, 3.63) is 71.8 Å². The van der Waals surface area contributed by atoms with E-state index in [2.05, 4.69) is 20.7 Å². The number of benzene rings is 2. The Kier molecular flexibility index (Phi) is 5.34. The van der Waals surface area contributed by atoms with Crippen LogP contribution in [0.1, 0.15) is 29.7 Å². The summed E-state index contributed by atoms with van der Waals surface area (Å²) in [5.74, 6) is 0. The molecule has 0 saturated carbocycles. The second-order valence-corrected chi connectivity index (χ2v) is 6.25. The van der Waals surface area contributed by atoms with Crippen molar-refractivity contribution < 1.29 is 18.0 Å². The fourth-order valence-corrected chi connectivity index (χ4v) is 2.89. The molecule has 3 rings (SSSR count). The molecular weight excluding hydrogens is 371 g/mol. The van der Waals surface area contributed by atoms with Gasteiger partial charge < -0.3 is 10.6 Å². The molecule has 0 saturated heterocycles. The highest BCUT2D eigenvalue weighted by Crippen LogP contribution is 2.35. The first kappa shape index (κ1) is 19.4. The quantitative estimate of drug-likeness (QED) is 0.691. The maximum atomic E-state index is 13.4. The molecule has 0 radical (unpaired) electrons. The average molecular weight is 389 g/mol. The summed E-state index contributed by atoms with van der Waals surface area (Å²) < 4.78 is 41.4. The van der Waals surface area contributed by atoms with Crippen LogP contribution in [0.15, 0.2) is 55.1 Å². The SMILES string of the molecule is Cc1ccccc1C(C)NC(=O)Nc1ccc(-n2cncn2)c(C(F)(F)F)c1.